The lowest BCUT2D eigenvalue weighted by Gasteiger charge is -2.30. The topological polar surface area (TPSA) is 60.0 Å². The highest BCUT2D eigenvalue weighted by Gasteiger charge is 2.17. The fourth-order valence-electron chi connectivity index (χ4n) is 4.01. The summed E-state index contributed by atoms with van der Waals surface area (Å²) in [6.45, 7) is 5.60. The summed E-state index contributed by atoms with van der Waals surface area (Å²) in [4.78, 5) is 15.0. The number of anilines is 1. The van der Waals surface area contributed by atoms with E-state index in [0.29, 0.717) is 17.2 Å². The maximum Gasteiger partial charge on any atom is 0.228 e. The predicted octanol–water partition coefficient (Wildman–Crippen LogP) is 4.13. The monoisotopic (exact) mass is 412 g/mol. The van der Waals surface area contributed by atoms with Crippen LogP contribution in [0.2, 0.25) is 0 Å². The Bertz CT molecular complexity index is 826. The van der Waals surface area contributed by atoms with Crippen LogP contribution < -0.4 is 19.5 Å². The second-order valence-electron chi connectivity index (χ2n) is 7.94. The molecule has 1 atom stereocenters. The number of likely N-dealkylation sites (tertiary alicyclic amines) is 1. The molecule has 0 bridgehead atoms. The number of methoxy groups -OCH3 is 3. The van der Waals surface area contributed by atoms with Gasteiger partial charge in [-0.2, -0.15) is 0 Å². The summed E-state index contributed by atoms with van der Waals surface area (Å²) in [6, 6.07) is 11.7. The summed E-state index contributed by atoms with van der Waals surface area (Å²) in [6.07, 6.45) is 2.81. The predicted molar refractivity (Wildman–Crippen MR) is 119 cm³/mol. The molecule has 6 heteroatoms. The average Bonchev–Trinajstić information content (AvgIpc) is 2.74. The first-order chi connectivity index (χ1) is 14.5. The van der Waals surface area contributed by atoms with Gasteiger partial charge in [0.2, 0.25) is 11.7 Å². The van der Waals surface area contributed by atoms with Crippen LogP contribution in [-0.4, -0.2) is 45.2 Å². The van der Waals surface area contributed by atoms with Crippen LogP contribution in [0.1, 0.15) is 30.9 Å². The molecule has 2 aromatic rings. The van der Waals surface area contributed by atoms with Crippen molar-refractivity contribution in [3.8, 4) is 17.2 Å². The SMILES string of the molecule is COc1cc(CC(=O)Nc2ccc(CN3CCCC(C)C3)cc2)cc(OC)c1OC. The molecule has 0 aliphatic carbocycles. The van der Waals surface area contributed by atoms with Crippen molar-refractivity contribution in [1.82, 2.24) is 4.90 Å². The lowest BCUT2D eigenvalue weighted by Crippen LogP contribution is -2.33. The number of carbonyl (C=O) groups excluding carboxylic acids is 1. The van der Waals surface area contributed by atoms with Crippen molar-refractivity contribution in [1.29, 1.82) is 0 Å². The second-order valence-corrected chi connectivity index (χ2v) is 7.94. The van der Waals surface area contributed by atoms with Crippen LogP contribution in [0.5, 0.6) is 17.2 Å². The van der Waals surface area contributed by atoms with E-state index in [0.717, 1.165) is 36.8 Å². The molecule has 0 spiro atoms. The minimum Gasteiger partial charge on any atom is -0.493 e. The molecule has 0 saturated carbocycles. The van der Waals surface area contributed by atoms with E-state index in [9.17, 15) is 4.79 Å². The third-order valence-electron chi connectivity index (χ3n) is 5.47. The minimum absolute atomic E-state index is 0.0955. The van der Waals surface area contributed by atoms with Crippen molar-refractivity contribution in [2.24, 2.45) is 5.92 Å². The first kappa shape index (κ1) is 22.0. The first-order valence-electron chi connectivity index (χ1n) is 10.4. The van der Waals surface area contributed by atoms with Gasteiger partial charge in [0.25, 0.3) is 0 Å². The zero-order valence-corrected chi connectivity index (χ0v) is 18.4. The fourth-order valence-corrected chi connectivity index (χ4v) is 4.01. The van der Waals surface area contributed by atoms with Gasteiger partial charge in [-0.05, 0) is 60.7 Å². The van der Waals surface area contributed by atoms with Gasteiger partial charge < -0.3 is 19.5 Å². The highest BCUT2D eigenvalue weighted by atomic mass is 16.5. The van der Waals surface area contributed by atoms with Crippen LogP contribution in [0.15, 0.2) is 36.4 Å². The standard InChI is InChI=1S/C24H32N2O4/c1-17-6-5-11-26(15-17)16-18-7-9-20(10-8-18)25-23(27)14-19-12-21(28-2)24(30-4)22(13-19)29-3/h7-10,12-13,17H,5-6,11,14-16H2,1-4H3,(H,25,27). The Balaban J connectivity index is 1.59. The molecule has 1 unspecified atom stereocenters. The van der Waals surface area contributed by atoms with Gasteiger partial charge >= 0.3 is 0 Å². The Kier molecular flexibility index (Phi) is 7.57. The quantitative estimate of drug-likeness (QED) is 0.707. The van der Waals surface area contributed by atoms with Gasteiger partial charge in [-0.1, -0.05) is 19.1 Å². The smallest absolute Gasteiger partial charge is 0.228 e. The number of piperidine rings is 1. The van der Waals surface area contributed by atoms with Crippen LogP contribution in [0.25, 0.3) is 0 Å². The molecule has 1 N–H and O–H groups in total. The summed E-state index contributed by atoms with van der Waals surface area (Å²) < 4.78 is 16.1. The number of nitrogens with one attached hydrogen (secondary N) is 1. The fraction of sp³-hybridized carbons (Fsp3) is 0.458. The Morgan fingerprint density at radius 1 is 1.03 bits per heavy atom. The average molecular weight is 413 g/mol. The maximum absolute atomic E-state index is 12.5. The molecule has 3 rings (SSSR count). The van der Waals surface area contributed by atoms with Crippen molar-refractivity contribution >= 4 is 11.6 Å². The number of hydrogen-bond acceptors (Lipinski definition) is 5. The van der Waals surface area contributed by atoms with E-state index in [2.05, 4.69) is 29.3 Å². The van der Waals surface area contributed by atoms with Gasteiger partial charge in [0.05, 0.1) is 27.8 Å². The molecule has 1 heterocycles. The normalized spacial score (nSPS) is 16.7. The maximum atomic E-state index is 12.5. The number of benzene rings is 2. The Labute approximate surface area is 179 Å². The summed E-state index contributed by atoms with van der Waals surface area (Å²) in [5, 5.41) is 2.97. The first-order valence-corrected chi connectivity index (χ1v) is 10.4. The highest BCUT2D eigenvalue weighted by Crippen LogP contribution is 2.38. The van der Waals surface area contributed by atoms with E-state index in [-0.39, 0.29) is 12.3 Å². The molecule has 1 amide bonds. The van der Waals surface area contributed by atoms with E-state index >= 15 is 0 Å². The molecule has 1 aliphatic heterocycles. The summed E-state index contributed by atoms with van der Waals surface area (Å²) >= 11 is 0. The second kappa shape index (κ2) is 10.3. The van der Waals surface area contributed by atoms with Gasteiger partial charge in [0, 0.05) is 18.8 Å². The van der Waals surface area contributed by atoms with Gasteiger partial charge in [-0.25, -0.2) is 0 Å². The minimum atomic E-state index is -0.0955. The molecular weight excluding hydrogens is 380 g/mol. The van der Waals surface area contributed by atoms with Crippen molar-refractivity contribution in [2.75, 3.05) is 39.7 Å². The van der Waals surface area contributed by atoms with Crippen molar-refractivity contribution < 1.29 is 19.0 Å². The molecule has 0 radical (unpaired) electrons. The lowest BCUT2D eigenvalue weighted by molar-refractivity contribution is -0.115. The van der Waals surface area contributed by atoms with E-state index in [1.807, 2.05) is 12.1 Å². The summed E-state index contributed by atoms with van der Waals surface area (Å²) in [5.74, 6) is 2.27. The Morgan fingerprint density at radius 2 is 1.70 bits per heavy atom. The zero-order chi connectivity index (χ0) is 21.5. The number of amides is 1. The van der Waals surface area contributed by atoms with Crippen molar-refractivity contribution in [3.05, 3.63) is 47.5 Å². The van der Waals surface area contributed by atoms with E-state index in [4.69, 9.17) is 14.2 Å². The number of nitrogens with zero attached hydrogens (tertiary/aromatic N) is 1. The van der Waals surface area contributed by atoms with Crippen LogP contribution in [0.4, 0.5) is 5.69 Å². The molecule has 1 aliphatic rings. The summed E-state index contributed by atoms with van der Waals surface area (Å²) in [7, 11) is 4.68. The molecule has 0 aromatic heterocycles. The molecular formula is C24H32N2O4. The van der Waals surface area contributed by atoms with Crippen LogP contribution >= 0.6 is 0 Å². The Morgan fingerprint density at radius 3 is 2.27 bits per heavy atom. The number of hydrogen-bond donors (Lipinski definition) is 1. The largest absolute Gasteiger partial charge is 0.493 e. The van der Waals surface area contributed by atoms with Gasteiger partial charge in [-0.15, -0.1) is 0 Å². The number of rotatable bonds is 8. The Hall–Kier alpha value is -2.73. The van der Waals surface area contributed by atoms with Crippen molar-refractivity contribution in [3.63, 3.8) is 0 Å². The van der Waals surface area contributed by atoms with Gasteiger partial charge in [0.15, 0.2) is 11.5 Å². The molecule has 6 nitrogen and oxygen atoms in total. The molecule has 30 heavy (non-hydrogen) atoms. The third kappa shape index (κ3) is 5.66. The molecule has 2 aromatic carbocycles. The van der Waals surface area contributed by atoms with E-state index in [1.165, 1.54) is 18.4 Å². The summed E-state index contributed by atoms with van der Waals surface area (Å²) in [5.41, 5.74) is 2.85. The van der Waals surface area contributed by atoms with Crippen LogP contribution in [0, 0.1) is 5.92 Å². The number of carbonyl (C=O) groups is 1. The van der Waals surface area contributed by atoms with E-state index in [1.54, 1.807) is 33.5 Å². The molecule has 1 saturated heterocycles. The number of ether oxygens (including phenoxy) is 3. The highest BCUT2D eigenvalue weighted by molar-refractivity contribution is 5.92. The molecule has 1 fully saturated rings. The van der Waals surface area contributed by atoms with Crippen LogP contribution in [0.3, 0.4) is 0 Å². The van der Waals surface area contributed by atoms with Crippen LogP contribution in [-0.2, 0) is 17.8 Å². The lowest BCUT2D eigenvalue weighted by atomic mass is 10.00. The van der Waals surface area contributed by atoms with Gasteiger partial charge in [-0.3, -0.25) is 9.69 Å². The van der Waals surface area contributed by atoms with Crippen molar-refractivity contribution in [2.45, 2.75) is 32.7 Å². The third-order valence-corrected chi connectivity index (χ3v) is 5.47. The molecule has 162 valence electrons. The van der Waals surface area contributed by atoms with Gasteiger partial charge in [0.1, 0.15) is 0 Å². The zero-order valence-electron chi connectivity index (χ0n) is 18.4. The van der Waals surface area contributed by atoms with E-state index < -0.39 is 0 Å².